The highest BCUT2D eigenvalue weighted by atomic mass is 16.5. The molecule has 0 saturated heterocycles. The smallest absolute Gasteiger partial charge is 0.265 e. The predicted octanol–water partition coefficient (Wildman–Crippen LogP) is 3.15. The van der Waals surface area contributed by atoms with Crippen molar-refractivity contribution in [1.82, 2.24) is 0 Å². The monoisotopic (exact) mass is 354 g/mol. The van der Waals surface area contributed by atoms with Crippen molar-refractivity contribution >= 4 is 23.2 Å². The molecule has 136 valence electrons. The first kappa shape index (κ1) is 17.8. The zero-order valence-corrected chi connectivity index (χ0v) is 15.1. The number of carbonyl (C=O) groups is 2. The number of nitrogens with one attached hydrogen (secondary N) is 1. The van der Waals surface area contributed by atoms with Crippen LogP contribution in [0, 0.1) is 6.92 Å². The molecule has 0 aromatic heterocycles. The fourth-order valence-corrected chi connectivity index (χ4v) is 2.91. The second-order valence-electron chi connectivity index (χ2n) is 6.12. The number of aryl methyl sites for hydroxylation is 1. The molecule has 1 unspecified atom stereocenters. The van der Waals surface area contributed by atoms with Gasteiger partial charge in [-0.2, -0.15) is 0 Å². The van der Waals surface area contributed by atoms with Gasteiger partial charge in [-0.05, 0) is 50.6 Å². The van der Waals surface area contributed by atoms with Crippen LogP contribution in [0.1, 0.15) is 19.4 Å². The second kappa shape index (κ2) is 7.47. The minimum atomic E-state index is -0.693. The molecule has 0 bridgehead atoms. The van der Waals surface area contributed by atoms with E-state index in [1.165, 1.54) is 4.90 Å². The number of carbonyl (C=O) groups excluding carboxylic acids is 2. The van der Waals surface area contributed by atoms with E-state index in [9.17, 15) is 9.59 Å². The van der Waals surface area contributed by atoms with Gasteiger partial charge in [-0.15, -0.1) is 0 Å². The average molecular weight is 354 g/mol. The number of para-hydroxylation sites is 2. The van der Waals surface area contributed by atoms with Gasteiger partial charge in [0.2, 0.25) is 5.91 Å². The average Bonchev–Trinajstić information content (AvgIpc) is 2.63. The third-order valence-electron chi connectivity index (χ3n) is 4.21. The molecule has 1 aliphatic heterocycles. The van der Waals surface area contributed by atoms with E-state index in [-0.39, 0.29) is 18.4 Å². The predicted molar refractivity (Wildman–Crippen MR) is 99.9 cm³/mol. The molecule has 1 atom stereocenters. The molecule has 2 aromatic carbocycles. The first-order valence-electron chi connectivity index (χ1n) is 8.59. The topological polar surface area (TPSA) is 67.9 Å². The summed E-state index contributed by atoms with van der Waals surface area (Å²) in [6.45, 7) is 5.93. The van der Waals surface area contributed by atoms with Crippen LogP contribution in [-0.4, -0.2) is 31.1 Å². The molecule has 2 aromatic rings. The van der Waals surface area contributed by atoms with Crippen molar-refractivity contribution in [2.75, 3.05) is 23.4 Å². The van der Waals surface area contributed by atoms with Gasteiger partial charge in [0.15, 0.2) is 6.61 Å². The van der Waals surface area contributed by atoms with E-state index >= 15 is 0 Å². The summed E-state index contributed by atoms with van der Waals surface area (Å²) in [7, 11) is 0. The number of rotatable bonds is 5. The van der Waals surface area contributed by atoms with Crippen LogP contribution in [-0.2, 0) is 9.59 Å². The van der Waals surface area contributed by atoms with Gasteiger partial charge in [0, 0.05) is 0 Å². The third kappa shape index (κ3) is 3.49. The number of hydrogen-bond acceptors (Lipinski definition) is 4. The highest BCUT2D eigenvalue weighted by molar-refractivity contribution is 6.07. The lowest BCUT2D eigenvalue weighted by Gasteiger charge is -2.33. The Morgan fingerprint density at radius 1 is 1.31 bits per heavy atom. The third-order valence-corrected chi connectivity index (χ3v) is 4.21. The maximum absolute atomic E-state index is 12.8. The summed E-state index contributed by atoms with van der Waals surface area (Å²) in [5.41, 5.74) is 2.18. The highest BCUT2D eigenvalue weighted by Crippen LogP contribution is 2.34. The van der Waals surface area contributed by atoms with Gasteiger partial charge in [0.25, 0.3) is 5.91 Å². The molecule has 0 radical (unpaired) electrons. The molecular formula is C20H22N2O4. The lowest BCUT2D eigenvalue weighted by atomic mass is 10.1. The van der Waals surface area contributed by atoms with Crippen molar-refractivity contribution in [3.63, 3.8) is 0 Å². The molecule has 1 heterocycles. The van der Waals surface area contributed by atoms with Crippen LogP contribution >= 0.6 is 0 Å². The summed E-state index contributed by atoms with van der Waals surface area (Å²) >= 11 is 0. The van der Waals surface area contributed by atoms with Crippen molar-refractivity contribution in [2.24, 2.45) is 0 Å². The number of benzene rings is 2. The molecule has 1 aliphatic rings. The Morgan fingerprint density at radius 3 is 2.85 bits per heavy atom. The molecule has 1 N–H and O–H groups in total. The first-order chi connectivity index (χ1) is 12.5. The first-order valence-corrected chi connectivity index (χ1v) is 8.59. The van der Waals surface area contributed by atoms with Gasteiger partial charge in [0.1, 0.15) is 17.5 Å². The molecule has 2 amide bonds. The number of ether oxygens (including phenoxy) is 2. The largest absolute Gasteiger partial charge is 0.492 e. The Morgan fingerprint density at radius 2 is 2.08 bits per heavy atom. The second-order valence-corrected chi connectivity index (χ2v) is 6.12. The van der Waals surface area contributed by atoms with E-state index < -0.39 is 6.04 Å². The van der Waals surface area contributed by atoms with Crippen LogP contribution in [0.5, 0.6) is 11.5 Å². The molecule has 0 fully saturated rings. The van der Waals surface area contributed by atoms with Crippen molar-refractivity contribution in [3.05, 3.63) is 48.0 Å². The summed E-state index contributed by atoms with van der Waals surface area (Å²) in [6.07, 6.45) is 0. The summed E-state index contributed by atoms with van der Waals surface area (Å²) in [5.74, 6) is 0.661. The minimum absolute atomic E-state index is 0.0801. The van der Waals surface area contributed by atoms with Gasteiger partial charge in [-0.3, -0.25) is 14.5 Å². The molecule has 26 heavy (non-hydrogen) atoms. The van der Waals surface area contributed by atoms with Crippen LogP contribution in [0.4, 0.5) is 11.4 Å². The van der Waals surface area contributed by atoms with E-state index in [1.807, 2.05) is 44.2 Å². The van der Waals surface area contributed by atoms with Gasteiger partial charge in [0.05, 0.1) is 18.0 Å². The standard InChI is InChI=1S/C20H22N2O4/c1-4-25-17-8-6-5-7-15(17)21-20(24)14(3)22-16-11-13(2)9-10-18(16)26-12-19(22)23/h5-11,14H,4,12H2,1-3H3,(H,21,24). The summed E-state index contributed by atoms with van der Waals surface area (Å²) in [4.78, 5) is 26.7. The SMILES string of the molecule is CCOc1ccccc1NC(=O)C(C)N1C(=O)COc2ccc(C)cc21. The maximum atomic E-state index is 12.8. The quantitative estimate of drug-likeness (QED) is 0.896. The van der Waals surface area contributed by atoms with Crippen LogP contribution in [0.25, 0.3) is 0 Å². The minimum Gasteiger partial charge on any atom is -0.492 e. The van der Waals surface area contributed by atoms with Crippen LogP contribution in [0.3, 0.4) is 0 Å². The Balaban J connectivity index is 1.85. The van der Waals surface area contributed by atoms with E-state index in [4.69, 9.17) is 9.47 Å². The molecule has 0 aliphatic carbocycles. The molecule has 6 nitrogen and oxygen atoms in total. The highest BCUT2D eigenvalue weighted by Gasteiger charge is 2.33. The molecule has 3 rings (SSSR count). The maximum Gasteiger partial charge on any atom is 0.265 e. The van der Waals surface area contributed by atoms with Crippen molar-refractivity contribution in [2.45, 2.75) is 26.8 Å². The van der Waals surface area contributed by atoms with Crippen molar-refractivity contribution in [3.8, 4) is 11.5 Å². The summed E-state index contributed by atoms with van der Waals surface area (Å²) < 4.78 is 11.0. The Bertz CT molecular complexity index is 834. The van der Waals surface area contributed by atoms with Gasteiger partial charge >= 0.3 is 0 Å². The van der Waals surface area contributed by atoms with Crippen LogP contribution in [0.2, 0.25) is 0 Å². The number of hydrogen-bond donors (Lipinski definition) is 1. The number of fused-ring (bicyclic) bond motifs is 1. The van der Waals surface area contributed by atoms with Gasteiger partial charge < -0.3 is 14.8 Å². The molecule has 6 heteroatoms. The lowest BCUT2D eigenvalue weighted by molar-refractivity contribution is -0.125. The van der Waals surface area contributed by atoms with E-state index in [0.29, 0.717) is 29.5 Å². The van der Waals surface area contributed by atoms with Crippen molar-refractivity contribution < 1.29 is 19.1 Å². The lowest BCUT2D eigenvalue weighted by Crippen LogP contribution is -2.49. The Hall–Kier alpha value is -3.02. The Labute approximate surface area is 152 Å². The normalized spacial score (nSPS) is 14.3. The molecule has 0 spiro atoms. The van der Waals surface area contributed by atoms with E-state index in [1.54, 1.807) is 19.1 Å². The Kier molecular flexibility index (Phi) is 5.11. The number of amides is 2. The van der Waals surface area contributed by atoms with E-state index in [0.717, 1.165) is 5.56 Å². The number of anilines is 2. The fraction of sp³-hybridized carbons (Fsp3) is 0.300. The fourth-order valence-electron chi connectivity index (χ4n) is 2.91. The van der Waals surface area contributed by atoms with Crippen molar-refractivity contribution in [1.29, 1.82) is 0 Å². The summed E-state index contributed by atoms with van der Waals surface area (Å²) in [6, 6.07) is 12.1. The van der Waals surface area contributed by atoms with Gasteiger partial charge in [-0.25, -0.2) is 0 Å². The number of nitrogens with zero attached hydrogens (tertiary/aromatic N) is 1. The zero-order valence-electron chi connectivity index (χ0n) is 15.1. The molecular weight excluding hydrogens is 332 g/mol. The van der Waals surface area contributed by atoms with Crippen LogP contribution < -0.4 is 19.7 Å². The van der Waals surface area contributed by atoms with Gasteiger partial charge in [-0.1, -0.05) is 18.2 Å². The van der Waals surface area contributed by atoms with E-state index in [2.05, 4.69) is 5.32 Å². The zero-order chi connectivity index (χ0) is 18.7. The molecule has 0 saturated carbocycles. The summed E-state index contributed by atoms with van der Waals surface area (Å²) in [5, 5.41) is 2.86. The van der Waals surface area contributed by atoms with Crippen LogP contribution in [0.15, 0.2) is 42.5 Å².